The van der Waals surface area contributed by atoms with Crippen LogP contribution in [-0.2, 0) is 9.47 Å². The molecule has 1 aliphatic heterocycles. The summed E-state index contributed by atoms with van der Waals surface area (Å²) in [5.41, 5.74) is 0.501. The molecule has 6 nitrogen and oxygen atoms in total. The molecule has 2 heterocycles. The van der Waals surface area contributed by atoms with Crippen LogP contribution >= 0.6 is 15.9 Å². The van der Waals surface area contributed by atoms with Crippen molar-refractivity contribution in [3.05, 3.63) is 22.3 Å². The molecule has 0 radical (unpaired) electrons. The Bertz CT molecular complexity index is 574. The standard InChI is InChI=1S/C17H25BrN2O4/c1-12-9-13(18)10-19-15(12)23-8-7-22-14-5-6-20(11-14)16(21)24-17(2,3)4/h9-10,14H,5-8,11H2,1-4H3/t14-/m0/s1. The van der Waals surface area contributed by atoms with Gasteiger partial charge in [0.2, 0.25) is 5.88 Å². The second-order valence-corrected chi connectivity index (χ2v) is 7.75. The largest absolute Gasteiger partial charge is 0.475 e. The molecule has 1 saturated heterocycles. The first kappa shape index (κ1) is 19.0. The third-order valence-electron chi connectivity index (χ3n) is 3.47. The SMILES string of the molecule is Cc1cc(Br)cnc1OCCO[C@H]1CCN(C(=O)OC(C)(C)C)C1. The van der Waals surface area contributed by atoms with E-state index in [9.17, 15) is 4.79 Å². The lowest BCUT2D eigenvalue weighted by Gasteiger charge is -2.24. The first-order valence-corrected chi connectivity index (χ1v) is 8.88. The Morgan fingerprint density at radius 3 is 2.83 bits per heavy atom. The minimum atomic E-state index is -0.473. The number of rotatable bonds is 5. The van der Waals surface area contributed by atoms with E-state index in [4.69, 9.17) is 14.2 Å². The minimum Gasteiger partial charge on any atom is -0.475 e. The van der Waals surface area contributed by atoms with Gasteiger partial charge in [-0.05, 0) is 56.1 Å². The number of amides is 1. The van der Waals surface area contributed by atoms with Gasteiger partial charge in [-0.1, -0.05) is 0 Å². The monoisotopic (exact) mass is 400 g/mol. The average molecular weight is 401 g/mol. The highest BCUT2D eigenvalue weighted by molar-refractivity contribution is 9.10. The third-order valence-corrected chi connectivity index (χ3v) is 3.90. The van der Waals surface area contributed by atoms with Gasteiger partial charge >= 0.3 is 6.09 Å². The van der Waals surface area contributed by atoms with E-state index in [0.29, 0.717) is 32.2 Å². The fourth-order valence-corrected chi connectivity index (χ4v) is 2.83. The smallest absolute Gasteiger partial charge is 0.410 e. The lowest BCUT2D eigenvalue weighted by Crippen LogP contribution is -2.36. The second kappa shape index (κ2) is 8.16. The van der Waals surface area contributed by atoms with E-state index in [2.05, 4.69) is 20.9 Å². The van der Waals surface area contributed by atoms with Crippen molar-refractivity contribution in [2.45, 2.75) is 45.8 Å². The fourth-order valence-electron chi connectivity index (χ4n) is 2.39. The van der Waals surface area contributed by atoms with Gasteiger partial charge in [0.05, 0.1) is 19.3 Å². The molecule has 0 unspecified atom stereocenters. The molecule has 134 valence electrons. The van der Waals surface area contributed by atoms with Crippen molar-refractivity contribution in [1.82, 2.24) is 9.88 Å². The molecule has 0 aliphatic carbocycles. The Balaban J connectivity index is 1.68. The Morgan fingerprint density at radius 1 is 1.42 bits per heavy atom. The van der Waals surface area contributed by atoms with Crippen LogP contribution in [0.4, 0.5) is 4.79 Å². The van der Waals surface area contributed by atoms with Crippen LogP contribution in [0.1, 0.15) is 32.8 Å². The maximum absolute atomic E-state index is 12.0. The van der Waals surface area contributed by atoms with Crippen LogP contribution in [0.2, 0.25) is 0 Å². The van der Waals surface area contributed by atoms with Gasteiger partial charge in [0.1, 0.15) is 12.2 Å². The van der Waals surface area contributed by atoms with E-state index in [-0.39, 0.29) is 12.2 Å². The Labute approximate surface area is 151 Å². The first-order chi connectivity index (χ1) is 11.2. The van der Waals surface area contributed by atoms with Crippen LogP contribution in [0, 0.1) is 6.92 Å². The quantitative estimate of drug-likeness (QED) is 0.707. The number of aryl methyl sites for hydroxylation is 1. The van der Waals surface area contributed by atoms with Crippen molar-refractivity contribution >= 4 is 22.0 Å². The minimum absolute atomic E-state index is 0.0279. The number of nitrogens with zero attached hydrogens (tertiary/aromatic N) is 2. The number of likely N-dealkylation sites (tertiary alicyclic amines) is 1. The molecule has 0 aromatic carbocycles. The van der Waals surface area contributed by atoms with E-state index >= 15 is 0 Å². The van der Waals surface area contributed by atoms with Crippen molar-refractivity contribution in [1.29, 1.82) is 0 Å². The Morgan fingerprint density at radius 2 is 2.17 bits per heavy atom. The van der Waals surface area contributed by atoms with Gasteiger partial charge in [-0.25, -0.2) is 9.78 Å². The van der Waals surface area contributed by atoms with Gasteiger partial charge in [-0.3, -0.25) is 0 Å². The van der Waals surface area contributed by atoms with Crippen LogP contribution in [0.25, 0.3) is 0 Å². The number of carbonyl (C=O) groups excluding carboxylic acids is 1. The molecule has 0 N–H and O–H groups in total. The molecule has 24 heavy (non-hydrogen) atoms. The maximum atomic E-state index is 12.0. The molecule has 1 amide bonds. The average Bonchev–Trinajstić information content (AvgIpc) is 2.92. The lowest BCUT2D eigenvalue weighted by molar-refractivity contribution is 0.0169. The summed E-state index contributed by atoms with van der Waals surface area (Å²) in [6, 6.07) is 1.96. The molecule has 0 spiro atoms. The summed E-state index contributed by atoms with van der Waals surface area (Å²) in [7, 11) is 0. The zero-order valence-electron chi connectivity index (χ0n) is 14.7. The van der Waals surface area contributed by atoms with E-state index in [1.807, 2.05) is 33.8 Å². The number of hydrogen-bond acceptors (Lipinski definition) is 5. The summed E-state index contributed by atoms with van der Waals surface area (Å²) in [6.07, 6.45) is 2.27. The van der Waals surface area contributed by atoms with Crippen molar-refractivity contribution in [2.75, 3.05) is 26.3 Å². The summed E-state index contributed by atoms with van der Waals surface area (Å²) in [4.78, 5) is 17.9. The zero-order chi connectivity index (χ0) is 17.7. The van der Waals surface area contributed by atoms with Crippen molar-refractivity contribution < 1.29 is 19.0 Å². The van der Waals surface area contributed by atoms with Crippen LogP contribution in [0.15, 0.2) is 16.7 Å². The summed E-state index contributed by atoms with van der Waals surface area (Å²) >= 11 is 3.37. The van der Waals surface area contributed by atoms with Crippen LogP contribution in [0.3, 0.4) is 0 Å². The fraction of sp³-hybridized carbons (Fsp3) is 0.647. The molecule has 2 rings (SSSR count). The van der Waals surface area contributed by atoms with E-state index < -0.39 is 5.60 Å². The second-order valence-electron chi connectivity index (χ2n) is 6.83. The predicted octanol–water partition coefficient (Wildman–Crippen LogP) is 3.56. The molecular formula is C17H25BrN2O4. The number of halogens is 1. The molecule has 0 bridgehead atoms. The van der Waals surface area contributed by atoms with Gasteiger partial charge in [-0.15, -0.1) is 0 Å². The highest BCUT2D eigenvalue weighted by Gasteiger charge is 2.30. The summed E-state index contributed by atoms with van der Waals surface area (Å²) in [6.45, 7) is 9.66. The van der Waals surface area contributed by atoms with Crippen molar-refractivity contribution in [2.24, 2.45) is 0 Å². The van der Waals surface area contributed by atoms with Gasteiger partial charge in [-0.2, -0.15) is 0 Å². The molecule has 1 aromatic heterocycles. The zero-order valence-corrected chi connectivity index (χ0v) is 16.3. The molecule has 1 aliphatic rings. The predicted molar refractivity (Wildman–Crippen MR) is 94.3 cm³/mol. The number of pyridine rings is 1. The summed E-state index contributed by atoms with van der Waals surface area (Å²) in [5.74, 6) is 0.614. The lowest BCUT2D eigenvalue weighted by atomic mass is 10.2. The molecule has 7 heteroatoms. The van der Waals surface area contributed by atoms with Crippen LogP contribution in [-0.4, -0.2) is 54.0 Å². The van der Waals surface area contributed by atoms with E-state index in [1.54, 1.807) is 11.1 Å². The van der Waals surface area contributed by atoms with Crippen LogP contribution < -0.4 is 4.74 Å². The maximum Gasteiger partial charge on any atom is 0.410 e. The number of ether oxygens (including phenoxy) is 3. The Kier molecular flexibility index (Phi) is 6.46. The molecule has 0 saturated carbocycles. The molecular weight excluding hydrogens is 376 g/mol. The van der Waals surface area contributed by atoms with Gasteiger partial charge in [0, 0.05) is 22.8 Å². The summed E-state index contributed by atoms with van der Waals surface area (Å²) in [5, 5.41) is 0. The van der Waals surface area contributed by atoms with Crippen molar-refractivity contribution in [3.8, 4) is 5.88 Å². The van der Waals surface area contributed by atoms with Crippen molar-refractivity contribution in [3.63, 3.8) is 0 Å². The van der Waals surface area contributed by atoms with Crippen LogP contribution in [0.5, 0.6) is 5.88 Å². The van der Waals surface area contributed by atoms with E-state index in [1.165, 1.54) is 0 Å². The molecule has 1 fully saturated rings. The summed E-state index contributed by atoms with van der Waals surface area (Å²) < 4.78 is 17.7. The van der Waals surface area contributed by atoms with Gasteiger partial charge < -0.3 is 19.1 Å². The highest BCUT2D eigenvalue weighted by atomic mass is 79.9. The van der Waals surface area contributed by atoms with E-state index in [0.717, 1.165) is 16.5 Å². The molecule has 1 aromatic rings. The normalized spacial score (nSPS) is 17.9. The van der Waals surface area contributed by atoms with Gasteiger partial charge in [0.15, 0.2) is 0 Å². The highest BCUT2D eigenvalue weighted by Crippen LogP contribution is 2.19. The first-order valence-electron chi connectivity index (χ1n) is 8.09. The third kappa shape index (κ3) is 5.94. The molecule has 1 atom stereocenters. The Hall–Kier alpha value is -1.34. The number of carbonyl (C=O) groups is 1. The number of hydrogen-bond donors (Lipinski definition) is 0. The number of aromatic nitrogens is 1. The van der Waals surface area contributed by atoms with Gasteiger partial charge in [0.25, 0.3) is 0 Å². The topological polar surface area (TPSA) is 60.9 Å².